The number of ether oxygens (including phenoxy) is 1. The fraction of sp³-hybridized carbons (Fsp3) is 0.188. The molecule has 2 aromatic rings. The van der Waals surface area contributed by atoms with Crippen molar-refractivity contribution in [1.82, 2.24) is 0 Å². The van der Waals surface area contributed by atoms with Crippen molar-refractivity contribution in [2.24, 2.45) is 0 Å². The minimum absolute atomic E-state index is 0.119. The summed E-state index contributed by atoms with van der Waals surface area (Å²) in [5.74, 6) is 0. The summed E-state index contributed by atoms with van der Waals surface area (Å²) in [6, 6.07) is 14.3. The van der Waals surface area contributed by atoms with Crippen LogP contribution in [0.25, 0.3) is 0 Å². The van der Waals surface area contributed by atoms with Crippen LogP contribution in [0.1, 0.15) is 16.7 Å². The van der Waals surface area contributed by atoms with E-state index >= 15 is 0 Å². The third kappa shape index (κ3) is 4.30. The maximum Gasteiger partial charge on any atom is 0.411 e. The van der Waals surface area contributed by atoms with Crippen molar-refractivity contribution in [2.45, 2.75) is 19.8 Å². The first-order valence-electron chi connectivity index (χ1n) is 6.54. The lowest BCUT2D eigenvalue weighted by Crippen LogP contribution is -2.15. The Morgan fingerprint density at radius 1 is 1.00 bits per heavy atom. The van der Waals surface area contributed by atoms with Crippen LogP contribution in [0.3, 0.4) is 0 Å². The molecule has 0 aliphatic carbocycles. The molecule has 1 amide bonds. The van der Waals surface area contributed by atoms with Crippen molar-refractivity contribution in [2.75, 3.05) is 5.32 Å². The molecule has 0 atom stereocenters. The SMILES string of the molecule is O=C(Nc1ccc(CO)cc1CO)OCc1ccccc1. The minimum atomic E-state index is -0.592. The zero-order valence-corrected chi connectivity index (χ0v) is 11.5. The Morgan fingerprint density at radius 2 is 1.76 bits per heavy atom. The second-order valence-electron chi connectivity index (χ2n) is 4.49. The molecule has 0 aromatic heterocycles. The number of nitrogens with one attached hydrogen (secondary N) is 1. The van der Waals surface area contributed by atoms with Crippen LogP contribution in [-0.4, -0.2) is 16.3 Å². The van der Waals surface area contributed by atoms with Crippen molar-refractivity contribution in [3.05, 3.63) is 65.2 Å². The third-order valence-corrected chi connectivity index (χ3v) is 2.97. The highest BCUT2D eigenvalue weighted by Gasteiger charge is 2.08. The molecule has 5 heteroatoms. The van der Waals surface area contributed by atoms with Gasteiger partial charge in [0.15, 0.2) is 0 Å². The summed E-state index contributed by atoms with van der Waals surface area (Å²) in [7, 11) is 0. The van der Waals surface area contributed by atoms with E-state index in [4.69, 9.17) is 9.84 Å². The van der Waals surface area contributed by atoms with Gasteiger partial charge in [-0.05, 0) is 23.3 Å². The van der Waals surface area contributed by atoms with Gasteiger partial charge in [-0.25, -0.2) is 4.79 Å². The Morgan fingerprint density at radius 3 is 2.43 bits per heavy atom. The third-order valence-electron chi connectivity index (χ3n) is 2.97. The van der Waals surface area contributed by atoms with Crippen molar-refractivity contribution < 1.29 is 19.7 Å². The molecule has 2 rings (SSSR count). The molecule has 2 aromatic carbocycles. The first kappa shape index (κ1) is 15.0. The topological polar surface area (TPSA) is 78.8 Å². The number of hydrogen-bond donors (Lipinski definition) is 3. The molecule has 0 aliphatic heterocycles. The zero-order valence-electron chi connectivity index (χ0n) is 11.5. The predicted molar refractivity (Wildman–Crippen MR) is 78.5 cm³/mol. The van der Waals surface area contributed by atoms with Crippen LogP contribution in [-0.2, 0) is 24.6 Å². The fourth-order valence-corrected chi connectivity index (χ4v) is 1.87. The highest BCUT2D eigenvalue weighted by atomic mass is 16.5. The van der Waals surface area contributed by atoms with Crippen LogP contribution >= 0.6 is 0 Å². The van der Waals surface area contributed by atoms with E-state index in [1.165, 1.54) is 0 Å². The summed E-state index contributed by atoms with van der Waals surface area (Å²) in [6.45, 7) is -0.177. The van der Waals surface area contributed by atoms with Crippen LogP contribution in [0.5, 0.6) is 0 Å². The van der Waals surface area contributed by atoms with E-state index in [9.17, 15) is 9.90 Å². The molecule has 3 N–H and O–H groups in total. The summed E-state index contributed by atoms with van der Waals surface area (Å²) in [4.78, 5) is 11.7. The van der Waals surface area contributed by atoms with Gasteiger partial charge in [-0.3, -0.25) is 5.32 Å². The number of carbonyl (C=O) groups is 1. The standard InChI is InChI=1S/C16H17NO4/c18-9-13-6-7-15(14(8-13)10-19)17-16(20)21-11-12-4-2-1-3-5-12/h1-8,18-19H,9-11H2,(H,17,20). The van der Waals surface area contributed by atoms with E-state index < -0.39 is 6.09 Å². The number of aliphatic hydroxyl groups is 2. The molecule has 0 radical (unpaired) electrons. The maximum atomic E-state index is 11.7. The molecule has 0 fully saturated rings. The minimum Gasteiger partial charge on any atom is -0.444 e. The first-order chi connectivity index (χ1) is 10.2. The largest absolute Gasteiger partial charge is 0.444 e. The van der Waals surface area contributed by atoms with Crippen molar-refractivity contribution in [3.63, 3.8) is 0 Å². The monoisotopic (exact) mass is 287 g/mol. The van der Waals surface area contributed by atoms with Crippen LogP contribution in [0.2, 0.25) is 0 Å². The summed E-state index contributed by atoms with van der Waals surface area (Å²) in [5, 5.41) is 20.9. The van der Waals surface area contributed by atoms with Gasteiger partial charge in [0.25, 0.3) is 0 Å². The van der Waals surface area contributed by atoms with Crippen molar-refractivity contribution >= 4 is 11.8 Å². The average Bonchev–Trinajstić information content (AvgIpc) is 2.54. The summed E-state index contributed by atoms with van der Waals surface area (Å²) in [5.41, 5.74) is 2.55. The molecule has 0 bridgehead atoms. The molecule has 0 aliphatic rings. The normalized spacial score (nSPS) is 10.2. The van der Waals surface area contributed by atoms with Crippen molar-refractivity contribution in [1.29, 1.82) is 0 Å². The van der Waals surface area contributed by atoms with Gasteiger partial charge >= 0.3 is 6.09 Å². The molecule has 0 spiro atoms. The Balaban J connectivity index is 1.96. The Labute approximate surface area is 122 Å². The Hall–Kier alpha value is -2.37. The van der Waals surface area contributed by atoms with Gasteiger partial charge in [-0.2, -0.15) is 0 Å². The van der Waals surface area contributed by atoms with Gasteiger partial charge in [0.1, 0.15) is 6.61 Å². The smallest absolute Gasteiger partial charge is 0.411 e. The zero-order chi connectivity index (χ0) is 15.1. The van der Waals surface area contributed by atoms with Crippen LogP contribution in [0, 0.1) is 0 Å². The van der Waals surface area contributed by atoms with E-state index in [1.807, 2.05) is 30.3 Å². The van der Waals surface area contributed by atoms with Gasteiger partial charge in [0.2, 0.25) is 0 Å². The van der Waals surface area contributed by atoms with Gasteiger partial charge in [-0.1, -0.05) is 36.4 Å². The number of benzene rings is 2. The van der Waals surface area contributed by atoms with Gasteiger partial charge < -0.3 is 14.9 Å². The quantitative estimate of drug-likeness (QED) is 0.789. The molecule has 0 saturated carbocycles. The van der Waals surface area contributed by atoms with E-state index in [1.54, 1.807) is 18.2 Å². The number of hydrogen-bond acceptors (Lipinski definition) is 4. The number of carbonyl (C=O) groups excluding carboxylic acids is 1. The van der Waals surface area contributed by atoms with Gasteiger partial charge in [-0.15, -0.1) is 0 Å². The molecule has 0 heterocycles. The highest BCUT2D eigenvalue weighted by molar-refractivity contribution is 5.85. The maximum absolute atomic E-state index is 11.7. The molecule has 5 nitrogen and oxygen atoms in total. The average molecular weight is 287 g/mol. The molecule has 21 heavy (non-hydrogen) atoms. The number of aliphatic hydroxyl groups excluding tert-OH is 2. The van der Waals surface area contributed by atoms with Gasteiger partial charge in [0.05, 0.1) is 13.2 Å². The molecule has 0 saturated heterocycles. The molecule has 110 valence electrons. The Bertz CT molecular complexity index is 598. The lowest BCUT2D eigenvalue weighted by Gasteiger charge is -2.11. The Kier molecular flexibility index (Phi) is 5.31. The predicted octanol–water partition coefficient (Wildman–Crippen LogP) is 2.42. The van der Waals surface area contributed by atoms with Crippen LogP contribution in [0.4, 0.5) is 10.5 Å². The number of amides is 1. The lowest BCUT2D eigenvalue weighted by molar-refractivity contribution is 0.155. The van der Waals surface area contributed by atoms with E-state index in [-0.39, 0.29) is 19.8 Å². The molecule has 0 unspecified atom stereocenters. The highest BCUT2D eigenvalue weighted by Crippen LogP contribution is 2.18. The fourth-order valence-electron chi connectivity index (χ4n) is 1.87. The summed E-state index contributed by atoms with van der Waals surface area (Å²) in [6.07, 6.45) is -0.592. The van der Waals surface area contributed by atoms with Crippen molar-refractivity contribution in [3.8, 4) is 0 Å². The molecular weight excluding hydrogens is 270 g/mol. The first-order valence-corrected chi connectivity index (χ1v) is 6.54. The van der Waals surface area contributed by atoms with Crippen LogP contribution < -0.4 is 5.32 Å². The van der Waals surface area contributed by atoms with E-state index in [0.29, 0.717) is 16.8 Å². The number of rotatable bonds is 5. The van der Waals surface area contributed by atoms with E-state index in [2.05, 4.69) is 5.32 Å². The van der Waals surface area contributed by atoms with E-state index in [0.717, 1.165) is 5.56 Å². The van der Waals surface area contributed by atoms with Crippen LogP contribution in [0.15, 0.2) is 48.5 Å². The summed E-state index contributed by atoms with van der Waals surface area (Å²) < 4.78 is 5.11. The summed E-state index contributed by atoms with van der Waals surface area (Å²) >= 11 is 0. The lowest BCUT2D eigenvalue weighted by atomic mass is 10.1. The second kappa shape index (κ2) is 7.42. The number of anilines is 1. The van der Waals surface area contributed by atoms with Gasteiger partial charge in [0, 0.05) is 11.3 Å². The molecular formula is C16H17NO4. The second-order valence-corrected chi connectivity index (χ2v) is 4.49.